The van der Waals surface area contributed by atoms with Gasteiger partial charge in [-0.25, -0.2) is 14.1 Å². The van der Waals surface area contributed by atoms with Crippen LogP contribution in [-0.2, 0) is 9.59 Å². The molecule has 0 aromatic heterocycles. The molecule has 1 aliphatic heterocycles. The summed E-state index contributed by atoms with van der Waals surface area (Å²) in [6, 6.07) is 10.0. The predicted molar refractivity (Wildman–Crippen MR) is 83.5 cm³/mol. The molecule has 1 saturated heterocycles. The number of urea groups is 1. The van der Waals surface area contributed by atoms with Gasteiger partial charge in [0.25, 0.3) is 11.8 Å². The fourth-order valence-corrected chi connectivity index (χ4v) is 2.25. The quantitative estimate of drug-likeness (QED) is 0.654. The second-order valence-corrected chi connectivity index (χ2v) is 5.00. The first kappa shape index (κ1) is 15.4. The summed E-state index contributed by atoms with van der Waals surface area (Å²) in [5, 5.41) is 11.3. The van der Waals surface area contributed by atoms with Crippen LogP contribution in [-0.4, -0.2) is 23.0 Å². The Morgan fingerprint density at radius 1 is 1.00 bits per heavy atom. The van der Waals surface area contributed by atoms with Crippen LogP contribution in [0.3, 0.4) is 0 Å². The van der Waals surface area contributed by atoms with Crippen molar-refractivity contribution in [2.45, 2.75) is 0 Å². The van der Waals surface area contributed by atoms with E-state index in [1.165, 1.54) is 48.5 Å². The lowest BCUT2D eigenvalue weighted by molar-refractivity contribution is -0.122. The molecule has 2 N–H and O–H groups in total. The van der Waals surface area contributed by atoms with E-state index in [0.717, 1.165) is 6.07 Å². The van der Waals surface area contributed by atoms with Crippen molar-refractivity contribution in [2.75, 3.05) is 4.90 Å². The number of carbonyl (C=O) groups excluding carboxylic acids is 3. The molecule has 0 aliphatic carbocycles. The lowest BCUT2D eigenvalue weighted by Gasteiger charge is -2.26. The molecule has 24 heavy (non-hydrogen) atoms. The van der Waals surface area contributed by atoms with Crippen molar-refractivity contribution in [3.8, 4) is 5.75 Å². The van der Waals surface area contributed by atoms with Crippen LogP contribution in [0.1, 0.15) is 5.56 Å². The zero-order valence-electron chi connectivity index (χ0n) is 12.2. The van der Waals surface area contributed by atoms with Crippen LogP contribution in [0.4, 0.5) is 14.9 Å². The molecule has 1 aliphatic rings. The van der Waals surface area contributed by atoms with E-state index in [1.807, 2.05) is 5.32 Å². The summed E-state index contributed by atoms with van der Waals surface area (Å²) in [7, 11) is 0. The highest BCUT2D eigenvalue weighted by atomic mass is 19.1. The average Bonchev–Trinajstić information content (AvgIpc) is 2.55. The number of carbonyl (C=O) groups is 3. The summed E-state index contributed by atoms with van der Waals surface area (Å²) in [6.45, 7) is 0. The smallest absolute Gasteiger partial charge is 0.336 e. The van der Waals surface area contributed by atoms with Crippen LogP contribution in [0.25, 0.3) is 6.08 Å². The summed E-state index contributed by atoms with van der Waals surface area (Å²) >= 11 is 0. The van der Waals surface area contributed by atoms with E-state index in [9.17, 15) is 23.9 Å². The van der Waals surface area contributed by atoms with E-state index in [-0.39, 0.29) is 17.0 Å². The van der Waals surface area contributed by atoms with Crippen molar-refractivity contribution in [2.24, 2.45) is 0 Å². The zero-order valence-corrected chi connectivity index (χ0v) is 12.2. The first-order chi connectivity index (χ1) is 11.5. The van der Waals surface area contributed by atoms with Gasteiger partial charge in [0.15, 0.2) is 0 Å². The molecule has 0 unspecified atom stereocenters. The number of nitrogens with one attached hydrogen (secondary N) is 1. The Balaban J connectivity index is 2.03. The fraction of sp³-hybridized carbons (Fsp3) is 0. The van der Waals surface area contributed by atoms with Gasteiger partial charge in [-0.3, -0.25) is 14.9 Å². The van der Waals surface area contributed by atoms with Gasteiger partial charge in [-0.05, 0) is 35.9 Å². The lowest BCUT2D eigenvalue weighted by Crippen LogP contribution is -2.54. The number of nitrogens with zero attached hydrogens (tertiary/aromatic N) is 1. The fourth-order valence-electron chi connectivity index (χ4n) is 2.25. The van der Waals surface area contributed by atoms with Crippen molar-refractivity contribution >= 4 is 29.6 Å². The third kappa shape index (κ3) is 2.74. The molecule has 1 heterocycles. The largest absolute Gasteiger partial charge is 0.508 e. The number of anilines is 1. The maximum atomic E-state index is 13.9. The average molecular weight is 326 g/mol. The number of aromatic hydroxyl groups is 1. The van der Waals surface area contributed by atoms with Gasteiger partial charge in [-0.15, -0.1) is 0 Å². The van der Waals surface area contributed by atoms with Gasteiger partial charge >= 0.3 is 6.03 Å². The highest BCUT2D eigenvalue weighted by Crippen LogP contribution is 2.24. The molecule has 0 atom stereocenters. The number of halogens is 1. The van der Waals surface area contributed by atoms with Crippen molar-refractivity contribution in [3.63, 3.8) is 0 Å². The number of para-hydroxylation sites is 1. The van der Waals surface area contributed by atoms with Crippen LogP contribution in [0.15, 0.2) is 54.1 Å². The Bertz CT molecular complexity index is 874. The Morgan fingerprint density at radius 2 is 1.67 bits per heavy atom. The Kier molecular flexibility index (Phi) is 3.83. The Hall–Kier alpha value is -3.48. The maximum Gasteiger partial charge on any atom is 0.336 e. The molecule has 0 spiro atoms. The molecule has 120 valence electrons. The molecule has 2 aromatic carbocycles. The normalized spacial score (nSPS) is 16.5. The standard InChI is InChI=1S/C17H11FN2O4/c18-13-3-1-2-4-14(13)20-16(23)12(15(22)19-17(20)24)9-10-5-7-11(21)8-6-10/h1-9,21H,(H,19,22,24)/b12-9-. The summed E-state index contributed by atoms with van der Waals surface area (Å²) < 4.78 is 13.9. The summed E-state index contributed by atoms with van der Waals surface area (Å²) in [5.41, 5.74) is -0.0956. The molecule has 0 radical (unpaired) electrons. The van der Waals surface area contributed by atoms with Crippen LogP contribution >= 0.6 is 0 Å². The van der Waals surface area contributed by atoms with Crippen molar-refractivity contribution in [3.05, 3.63) is 65.5 Å². The van der Waals surface area contributed by atoms with Gasteiger partial charge in [-0.2, -0.15) is 0 Å². The maximum absolute atomic E-state index is 13.9. The molecule has 6 nitrogen and oxygen atoms in total. The van der Waals surface area contributed by atoms with Crippen molar-refractivity contribution < 1.29 is 23.9 Å². The second kappa shape index (κ2) is 5.96. The Labute approximate surface area is 135 Å². The van der Waals surface area contributed by atoms with Crippen LogP contribution < -0.4 is 10.2 Å². The zero-order chi connectivity index (χ0) is 17.3. The minimum absolute atomic E-state index is 0.0275. The van der Waals surface area contributed by atoms with Gasteiger partial charge in [0, 0.05) is 0 Å². The molecular formula is C17H11FN2O4. The first-order valence-corrected chi connectivity index (χ1v) is 6.92. The summed E-state index contributed by atoms with van der Waals surface area (Å²) in [4.78, 5) is 37.0. The van der Waals surface area contributed by atoms with E-state index >= 15 is 0 Å². The van der Waals surface area contributed by atoms with E-state index in [0.29, 0.717) is 10.5 Å². The van der Waals surface area contributed by atoms with E-state index in [2.05, 4.69) is 0 Å². The number of phenolic OH excluding ortho intramolecular Hbond substituents is 1. The van der Waals surface area contributed by atoms with E-state index in [4.69, 9.17) is 0 Å². The molecule has 1 fully saturated rings. The topological polar surface area (TPSA) is 86.7 Å². The number of barbiturate groups is 1. The molecule has 2 aromatic rings. The highest BCUT2D eigenvalue weighted by molar-refractivity contribution is 6.39. The molecule has 0 bridgehead atoms. The lowest BCUT2D eigenvalue weighted by atomic mass is 10.1. The molecular weight excluding hydrogens is 315 g/mol. The molecule has 0 saturated carbocycles. The van der Waals surface area contributed by atoms with Crippen LogP contribution in [0.5, 0.6) is 5.75 Å². The van der Waals surface area contributed by atoms with Gasteiger partial charge in [0.05, 0.1) is 5.69 Å². The number of imide groups is 2. The first-order valence-electron chi connectivity index (χ1n) is 6.92. The number of benzene rings is 2. The number of phenols is 1. The number of hydrogen-bond donors (Lipinski definition) is 2. The number of rotatable bonds is 2. The highest BCUT2D eigenvalue weighted by Gasteiger charge is 2.37. The SMILES string of the molecule is O=C1NC(=O)N(c2ccccc2F)C(=O)/C1=C\c1ccc(O)cc1. The van der Waals surface area contributed by atoms with E-state index in [1.54, 1.807) is 0 Å². The van der Waals surface area contributed by atoms with Crippen LogP contribution in [0, 0.1) is 5.82 Å². The van der Waals surface area contributed by atoms with Gasteiger partial charge < -0.3 is 5.11 Å². The van der Waals surface area contributed by atoms with Gasteiger partial charge in [0.1, 0.15) is 17.1 Å². The minimum atomic E-state index is -1.02. The van der Waals surface area contributed by atoms with Gasteiger partial charge in [0.2, 0.25) is 0 Å². The second-order valence-electron chi connectivity index (χ2n) is 5.00. The van der Waals surface area contributed by atoms with Crippen LogP contribution in [0.2, 0.25) is 0 Å². The molecule has 7 heteroatoms. The molecule has 3 rings (SSSR count). The van der Waals surface area contributed by atoms with Crippen molar-refractivity contribution in [1.82, 2.24) is 5.32 Å². The third-order valence-corrected chi connectivity index (χ3v) is 3.40. The number of amides is 4. The summed E-state index contributed by atoms with van der Waals surface area (Å²) in [5.74, 6) is -2.54. The number of hydrogen-bond acceptors (Lipinski definition) is 4. The van der Waals surface area contributed by atoms with Gasteiger partial charge in [-0.1, -0.05) is 24.3 Å². The Morgan fingerprint density at radius 3 is 2.33 bits per heavy atom. The van der Waals surface area contributed by atoms with Crippen molar-refractivity contribution in [1.29, 1.82) is 0 Å². The predicted octanol–water partition coefficient (Wildman–Crippen LogP) is 2.20. The minimum Gasteiger partial charge on any atom is -0.508 e. The molecule has 4 amide bonds. The van der Waals surface area contributed by atoms with E-state index < -0.39 is 23.7 Å². The summed E-state index contributed by atoms with van der Waals surface area (Å²) in [6.07, 6.45) is 1.26. The monoisotopic (exact) mass is 326 g/mol. The third-order valence-electron chi connectivity index (χ3n) is 3.40.